The number of pyridine rings is 2. The number of methoxy groups -OCH3 is 1. The third kappa shape index (κ3) is 3.04. The van der Waals surface area contributed by atoms with Crippen molar-refractivity contribution in [3.8, 4) is 5.75 Å². The molecule has 3 aromatic rings. The quantitative estimate of drug-likeness (QED) is 0.652. The second kappa shape index (κ2) is 6.35. The summed E-state index contributed by atoms with van der Waals surface area (Å²) < 4.78 is 5.16. The monoisotopic (exact) mass is 238 g/mol. The number of fused-ring (bicyclic) bond motifs is 1. The Balaban J connectivity index is 0.000000169. The lowest BCUT2D eigenvalue weighted by molar-refractivity contribution is 0.418. The third-order valence-corrected chi connectivity index (χ3v) is 2.42. The lowest BCUT2D eigenvalue weighted by atomic mass is 10.2. The van der Waals surface area contributed by atoms with Crippen molar-refractivity contribution < 1.29 is 4.74 Å². The molecule has 0 bridgehead atoms. The van der Waals surface area contributed by atoms with Crippen molar-refractivity contribution in [3.05, 3.63) is 67.3 Å². The molecule has 0 aliphatic heterocycles. The average molecular weight is 238 g/mol. The zero-order chi connectivity index (χ0) is 12.6. The first-order valence-corrected chi connectivity index (χ1v) is 5.63. The van der Waals surface area contributed by atoms with E-state index in [4.69, 9.17) is 4.74 Å². The Kier molecular flexibility index (Phi) is 4.25. The maximum atomic E-state index is 5.16. The van der Waals surface area contributed by atoms with Crippen molar-refractivity contribution >= 4 is 10.8 Å². The number of ether oxygens (including phenoxy) is 1. The number of hydrogen-bond donors (Lipinski definition) is 0. The molecule has 0 saturated heterocycles. The Bertz CT molecular complexity index is 564. The zero-order valence-corrected chi connectivity index (χ0v) is 10.2. The highest BCUT2D eigenvalue weighted by Crippen LogP contribution is 2.22. The SMILES string of the molecule is COc1cncc2ccccc12.c1ccncc1. The molecule has 0 aliphatic carbocycles. The van der Waals surface area contributed by atoms with Crippen LogP contribution >= 0.6 is 0 Å². The van der Waals surface area contributed by atoms with Gasteiger partial charge in [0, 0.05) is 29.4 Å². The van der Waals surface area contributed by atoms with Gasteiger partial charge in [0.1, 0.15) is 5.75 Å². The molecule has 3 heteroatoms. The number of rotatable bonds is 1. The van der Waals surface area contributed by atoms with Crippen LogP contribution in [-0.4, -0.2) is 17.1 Å². The van der Waals surface area contributed by atoms with Gasteiger partial charge in [-0.1, -0.05) is 30.3 Å². The van der Waals surface area contributed by atoms with Gasteiger partial charge in [-0.05, 0) is 12.1 Å². The van der Waals surface area contributed by atoms with Gasteiger partial charge in [0.15, 0.2) is 0 Å². The van der Waals surface area contributed by atoms with Crippen LogP contribution in [0.2, 0.25) is 0 Å². The van der Waals surface area contributed by atoms with Gasteiger partial charge in [-0.15, -0.1) is 0 Å². The number of hydrogen-bond acceptors (Lipinski definition) is 3. The lowest BCUT2D eigenvalue weighted by Gasteiger charge is -2.02. The second-order valence-corrected chi connectivity index (χ2v) is 3.59. The maximum absolute atomic E-state index is 5.16. The van der Waals surface area contributed by atoms with Crippen LogP contribution in [0.1, 0.15) is 0 Å². The minimum atomic E-state index is 0.827. The van der Waals surface area contributed by atoms with Crippen molar-refractivity contribution in [1.29, 1.82) is 0 Å². The van der Waals surface area contributed by atoms with Crippen LogP contribution < -0.4 is 4.74 Å². The van der Waals surface area contributed by atoms with Gasteiger partial charge in [-0.3, -0.25) is 9.97 Å². The van der Waals surface area contributed by atoms with Crippen LogP contribution in [-0.2, 0) is 0 Å². The van der Waals surface area contributed by atoms with E-state index >= 15 is 0 Å². The molecule has 90 valence electrons. The zero-order valence-electron chi connectivity index (χ0n) is 10.2. The van der Waals surface area contributed by atoms with Crippen LogP contribution in [0.25, 0.3) is 10.8 Å². The van der Waals surface area contributed by atoms with Crippen molar-refractivity contribution in [1.82, 2.24) is 9.97 Å². The van der Waals surface area contributed by atoms with Gasteiger partial charge in [0.2, 0.25) is 0 Å². The van der Waals surface area contributed by atoms with Crippen LogP contribution in [0.15, 0.2) is 67.3 Å². The average Bonchev–Trinajstić information content (AvgIpc) is 2.49. The minimum Gasteiger partial charge on any atom is -0.494 e. The summed E-state index contributed by atoms with van der Waals surface area (Å²) in [7, 11) is 1.66. The van der Waals surface area contributed by atoms with Gasteiger partial charge in [-0.2, -0.15) is 0 Å². The second-order valence-electron chi connectivity index (χ2n) is 3.59. The van der Waals surface area contributed by atoms with E-state index in [-0.39, 0.29) is 0 Å². The molecule has 0 fully saturated rings. The molecule has 0 spiro atoms. The number of nitrogens with zero attached hydrogens (tertiary/aromatic N) is 2. The van der Waals surface area contributed by atoms with Gasteiger partial charge in [0.25, 0.3) is 0 Å². The summed E-state index contributed by atoms with van der Waals surface area (Å²) in [4.78, 5) is 7.84. The summed E-state index contributed by atoms with van der Waals surface area (Å²) in [6, 6.07) is 13.7. The largest absolute Gasteiger partial charge is 0.494 e. The van der Waals surface area contributed by atoms with Crippen molar-refractivity contribution in [2.75, 3.05) is 7.11 Å². The first-order valence-electron chi connectivity index (χ1n) is 5.63. The molecule has 3 nitrogen and oxygen atoms in total. The van der Waals surface area contributed by atoms with E-state index in [1.165, 1.54) is 0 Å². The smallest absolute Gasteiger partial charge is 0.144 e. The summed E-state index contributed by atoms with van der Waals surface area (Å²) in [5, 5.41) is 2.21. The summed E-state index contributed by atoms with van der Waals surface area (Å²) in [6.45, 7) is 0. The van der Waals surface area contributed by atoms with Crippen molar-refractivity contribution in [3.63, 3.8) is 0 Å². The third-order valence-electron chi connectivity index (χ3n) is 2.42. The normalized spacial score (nSPS) is 9.39. The number of aromatic nitrogens is 2. The molecule has 18 heavy (non-hydrogen) atoms. The molecule has 0 amide bonds. The standard InChI is InChI=1S/C10H9NO.C5H5N/c1-12-10-7-11-6-8-4-2-3-5-9(8)10;1-2-4-6-5-3-1/h2-7H,1H3;1-5H. The van der Waals surface area contributed by atoms with E-state index in [0.29, 0.717) is 0 Å². The van der Waals surface area contributed by atoms with Crippen LogP contribution in [0, 0.1) is 0 Å². The van der Waals surface area contributed by atoms with E-state index in [9.17, 15) is 0 Å². The Morgan fingerprint density at radius 3 is 2.22 bits per heavy atom. The molecule has 3 rings (SSSR count). The van der Waals surface area contributed by atoms with E-state index in [1.54, 1.807) is 25.7 Å². The summed E-state index contributed by atoms with van der Waals surface area (Å²) in [5.74, 6) is 0.827. The van der Waals surface area contributed by atoms with E-state index in [0.717, 1.165) is 16.5 Å². The predicted molar refractivity (Wildman–Crippen MR) is 72.5 cm³/mol. The highest BCUT2D eigenvalue weighted by Gasteiger charge is 1.98. The Morgan fingerprint density at radius 1 is 0.833 bits per heavy atom. The maximum Gasteiger partial charge on any atom is 0.144 e. The molecular weight excluding hydrogens is 224 g/mol. The van der Waals surface area contributed by atoms with Gasteiger partial charge in [-0.25, -0.2) is 0 Å². The van der Waals surface area contributed by atoms with Crippen LogP contribution in [0.5, 0.6) is 5.75 Å². The fraction of sp³-hybridized carbons (Fsp3) is 0.0667. The van der Waals surface area contributed by atoms with Crippen LogP contribution in [0.3, 0.4) is 0 Å². The molecule has 1 aromatic carbocycles. The molecule has 0 unspecified atom stereocenters. The molecule has 0 N–H and O–H groups in total. The molecule has 2 aromatic heterocycles. The Morgan fingerprint density at radius 2 is 1.61 bits per heavy atom. The Labute approximate surface area is 106 Å². The first-order chi connectivity index (χ1) is 8.92. The summed E-state index contributed by atoms with van der Waals surface area (Å²) in [6.07, 6.45) is 7.06. The van der Waals surface area contributed by atoms with Crippen molar-refractivity contribution in [2.45, 2.75) is 0 Å². The molecular formula is C15H14N2O. The number of benzene rings is 1. The molecule has 0 saturated carbocycles. The van der Waals surface area contributed by atoms with Gasteiger partial charge < -0.3 is 4.74 Å². The van der Waals surface area contributed by atoms with E-state index < -0.39 is 0 Å². The fourth-order valence-corrected chi connectivity index (χ4v) is 1.56. The van der Waals surface area contributed by atoms with Crippen LogP contribution in [0.4, 0.5) is 0 Å². The molecule has 0 aliphatic rings. The molecule has 2 heterocycles. The predicted octanol–water partition coefficient (Wildman–Crippen LogP) is 3.33. The topological polar surface area (TPSA) is 35.0 Å². The highest BCUT2D eigenvalue weighted by atomic mass is 16.5. The minimum absolute atomic E-state index is 0.827. The fourth-order valence-electron chi connectivity index (χ4n) is 1.56. The molecule has 0 atom stereocenters. The van der Waals surface area contributed by atoms with E-state index in [1.807, 2.05) is 48.7 Å². The molecule has 0 radical (unpaired) electrons. The summed E-state index contributed by atoms with van der Waals surface area (Å²) >= 11 is 0. The highest BCUT2D eigenvalue weighted by molar-refractivity contribution is 5.87. The van der Waals surface area contributed by atoms with Gasteiger partial charge in [0.05, 0.1) is 13.3 Å². The van der Waals surface area contributed by atoms with Crippen molar-refractivity contribution in [2.24, 2.45) is 0 Å². The summed E-state index contributed by atoms with van der Waals surface area (Å²) in [5.41, 5.74) is 0. The van der Waals surface area contributed by atoms with E-state index in [2.05, 4.69) is 9.97 Å². The Hall–Kier alpha value is -2.42. The lowest BCUT2D eigenvalue weighted by Crippen LogP contribution is -1.85. The van der Waals surface area contributed by atoms with Gasteiger partial charge >= 0.3 is 0 Å². The first kappa shape index (κ1) is 12.0.